The second kappa shape index (κ2) is 7.50. The molecule has 20 heavy (non-hydrogen) atoms. The summed E-state index contributed by atoms with van der Waals surface area (Å²) < 4.78 is 5.79. The van der Waals surface area contributed by atoms with Gasteiger partial charge in [0.05, 0.1) is 18.3 Å². The summed E-state index contributed by atoms with van der Waals surface area (Å²) >= 11 is 5.81. The van der Waals surface area contributed by atoms with Gasteiger partial charge < -0.3 is 15.2 Å². The number of ether oxygens (including phenoxy) is 1. The fourth-order valence-corrected chi connectivity index (χ4v) is 2.66. The lowest BCUT2D eigenvalue weighted by molar-refractivity contribution is 0.0347. The molecule has 0 bridgehead atoms. The van der Waals surface area contributed by atoms with E-state index in [1.807, 2.05) is 0 Å². The summed E-state index contributed by atoms with van der Waals surface area (Å²) in [7, 11) is 0. The molecule has 1 saturated carbocycles. The standard InChI is InChI=1S/C15H20ClNO3/c16-11-6-7-14(13(10-11)15(18)19)17-8-9-20-12-4-2-1-3-5-12/h6-7,10,12,17H,1-5,8-9H2,(H,18,19). The second-order valence-electron chi connectivity index (χ2n) is 5.05. The zero-order valence-corrected chi connectivity index (χ0v) is 12.2. The van der Waals surface area contributed by atoms with Gasteiger partial charge in [0.15, 0.2) is 0 Å². The first-order valence-corrected chi connectivity index (χ1v) is 7.43. The number of carboxylic acid groups (broad SMARTS) is 1. The monoisotopic (exact) mass is 297 g/mol. The van der Waals surface area contributed by atoms with E-state index in [-0.39, 0.29) is 5.56 Å². The number of aromatic carboxylic acids is 1. The summed E-state index contributed by atoms with van der Waals surface area (Å²) in [6, 6.07) is 4.82. The maximum absolute atomic E-state index is 11.1. The van der Waals surface area contributed by atoms with Crippen LogP contribution < -0.4 is 5.32 Å². The first-order valence-electron chi connectivity index (χ1n) is 7.05. The fraction of sp³-hybridized carbons (Fsp3) is 0.533. The molecule has 2 N–H and O–H groups in total. The molecule has 110 valence electrons. The Labute approximate surface area is 124 Å². The van der Waals surface area contributed by atoms with E-state index in [2.05, 4.69) is 5.32 Å². The van der Waals surface area contributed by atoms with Crippen LogP contribution in [0.5, 0.6) is 0 Å². The van der Waals surface area contributed by atoms with E-state index < -0.39 is 5.97 Å². The number of hydrogen-bond donors (Lipinski definition) is 2. The van der Waals surface area contributed by atoms with Crippen LogP contribution in [0.2, 0.25) is 5.02 Å². The molecule has 4 nitrogen and oxygen atoms in total. The third-order valence-electron chi connectivity index (χ3n) is 3.54. The van der Waals surface area contributed by atoms with E-state index in [4.69, 9.17) is 21.4 Å². The van der Waals surface area contributed by atoms with Crippen molar-refractivity contribution in [1.29, 1.82) is 0 Å². The Kier molecular flexibility index (Phi) is 5.68. The quantitative estimate of drug-likeness (QED) is 0.784. The molecule has 0 unspecified atom stereocenters. The molecule has 0 aromatic heterocycles. The predicted molar refractivity (Wildman–Crippen MR) is 79.7 cm³/mol. The maximum Gasteiger partial charge on any atom is 0.337 e. The molecule has 1 aliphatic carbocycles. The van der Waals surface area contributed by atoms with Crippen molar-refractivity contribution < 1.29 is 14.6 Å². The molecule has 0 amide bonds. The van der Waals surface area contributed by atoms with Crippen LogP contribution in [0.15, 0.2) is 18.2 Å². The second-order valence-corrected chi connectivity index (χ2v) is 5.49. The van der Waals surface area contributed by atoms with E-state index in [1.54, 1.807) is 12.1 Å². The zero-order chi connectivity index (χ0) is 14.4. The Bertz CT molecular complexity index is 458. The van der Waals surface area contributed by atoms with Gasteiger partial charge in [0, 0.05) is 17.3 Å². The van der Waals surface area contributed by atoms with Gasteiger partial charge >= 0.3 is 5.97 Å². The lowest BCUT2D eigenvalue weighted by Gasteiger charge is -2.22. The highest BCUT2D eigenvalue weighted by atomic mass is 35.5. The first kappa shape index (κ1) is 15.1. The Hall–Kier alpha value is -1.26. The van der Waals surface area contributed by atoms with Crippen LogP contribution in [-0.4, -0.2) is 30.3 Å². The molecular weight excluding hydrogens is 278 g/mol. The van der Waals surface area contributed by atoms with Crippen molar-refractivity contribution in [1.82, 2.24) is 0 Å². The SMILES string of the molecule is O=C(O)c1cc(Cl)ccc1NCCOC1CCCCC1. The van der Waals surface area contributed by atoms with Crippen LogP contribution in [0.25, 0.3) is 0 Å². The minimum absolute atomic E-state index is 0.190. The Morgan fingerprint density at radius 3 is 2.80 bits per heavy atom. The first-order chi connectivity index (χ1) is 9.66. The summed E-state index contributed by atoms with van der Waals surface area (Å²) in [5.74, 6) is -0.983. The molecule has 0 atom stereocenters. The number of anilines is 1. The Balaban J connectivity index is 1.80. The number of halogens is 1. The average molecular weight is 298 g/mol. The highest BCUT2D eigenvalue weighted by Crippen LogP contribution is 2.22. The molecule has 1 fully saturated rings. The third-order valence-corrected chi connectivity index (χ3v) is 3.77. The van der Waals surface area contributed by atoms with Gasteiger partial charge in [-0.05, 0) is 31.0 Å². The summed E-state index contributed by atoms with van der Waals surface area (Å²) in [4.78, 5) is 11.1. The zero-order valence-electron chi connectivity index (χ0n) is 11.4. The minimum Gasteiger partial charge on any atom is -0.478 e. The molecule has 1 aliphatic rings. The summed E-state index contributed by atoms with van der Waals surface area (Å²) in [5, 5.41) is 12.6. The fourth-order valence-electron chi connectivity index (χ4n) is 2.49. The summed E-state index contributed by atoms with van der Waals surface area (Å²) in [6.45, 7) is 1.19. The van der Waals surface area contributed by atoms with Crippen molar-refractivity contribution in [3.05, 3.63) is 28.8 Å². The Morgan fingerprint density at radius 1 is 1.35 bits per heavy atom. The van der Waals surface area contributed by atoms with Gasteiger partial charge in [-0.3, -0.25) is 0 Å². The molecule has 0 saturated heterocycles. The van der Waals surface area contributed by atoms with Crippen LogP contribution in [0.4, 0.5) is 5.69 Å². The number of benzene rings is 1. The van der Waals surface area contributed by atoms with E-state index in [0.29, 0.717) is 30.0 Å². The van der Waals surface area contributed by atoms with Gasteiger partial charge in [0.1, 0.15) is 0 Å². The largest absolute Gasteiger partial charge is 0.478 e. The molecule has 2 rings (SSSR count). The van der Waals surface area contributed by atoms with Gasteiger partial charge in [0.25, 0.3) is 0 Å². The van der Waals surface area contributed by atoms with Gasteiger partial charge in [0.2, 0.25) is 0 Å². The van der Waals surface area contributed by atoms with E-state index >= 15 is 0 Å². The highest BCUT2D eigenvalue weighted by molar-refractivity contribution is 6.31. The van der Waals surface area contributed by atoms with Gasteiger partial charge in [-0.15, -0.1) is 0 Å². The number of rotatable bonds is 6. The van der Waals surface area contributed by atoms with E-state index in [9.17, 15) is 4.79 Å². The molecule has 1 aromatic carbocycles. The average Bonchev–Trinajstić information content (AvgIpc) is 2.45. The van der Waals surface area contributed by atoms with E-state index in [0.717, 1.165) is 12.8 Å². The van der Waals surface area contributed by atoms with Crippen LogP contribution in [0, 0.1) is 0 Å². The number of carboxylic acids is 1. The third kappa shape index (κ3) is 4.39. The van der Waals surface area contributed by atoms with Crippen molar-refractivity contribution in [2.75, 3.05) is 18.5 Å². The molecule has 5 heteroatoms. The lowest BCUT2D eigenvalue weighted by atomic mass is 9.98. The van der Waals surface area contributed by atoms with Crippen LogP contribution >= 0.6 is 11.6 Å². The number of hydrogen-bond acceptors (Lipinski definition) is 3. The highest BCUT2D eigenvalue weighted by Gasteiger charge is 2.14. The number of carbonyl (C=O) groups is 1. The van der Waals surface area contributed by atoms with Crippen LogP contribution in [0.1, 0.15) is 42.5 Å². The van der Waals surface area contributed by atoms with Crippen molar-refractivity contribution in [2.24, 2.45) is 0 Å². The topological polar surface area (TPSA) is 58.6 Å². The van der Waals surface area contributed by atoms with Crippen LogP contribution in [-0.2, 0) is 4.74 Å². The smallest absolute Gasteiger partial charge is 0.337 e. The van der Waals surface area contributed by atoms with Crippen molar-refractivity contribution in [3.8, 4) is 0 Å². The maximum atomic E-state index is 11.1. The van der Waals surface area contributed by atoms with Crippen LogP contribution in [0.3, 0.4) is 0 Å². The summed E-state index contributed by atoms with van der Waals surface area (Å²) in [6.07, 6.45) is 6.46. The molecule has 0 heterocycles. The molecular formula is C15H20ClNO3. The van der Waals surface area contributed by atoms with Gasteiger partial charge in [-0.25, -0.2) is 4.79 Å². The summed E-state index contributed by atoms with van der Waals surface area (Å²) in [5.41, 5.74) is 0.768. The normalized spacial score (nSPS) is 16.1. The molecule has 0 spiro atoms. The minimum atomic E-state index is -0.983. The number of nitrogens with one attached hydrogen (secondary N) is 1. The lowest BCUT2D eigenvalue weighted by Crippen LogP contribution is -2.21. The van der Waals surface area contributed by atoms with Crippen molar-refractivity contribution in [2.45, 2.75) is 38.2 Å². The van der Waals surface area contributed by atoms with Gasteiger partial charge in [-0.1, -0.05) is 30.9 Å². The molecule has 0 radical (unpaired) electrons. The molecule has 1 aromatic rings. The predicted octanol–water partition coefficient (Wildman–Crippen LogP) is 3.80. The Morgan fingerprint density at radius 2 is 2.10 bits per heavy atom. The van der Waals surface area contributed by atoms with Gasteiger partial charge in [-0.2, -0.15) is 0 Å². The molecule has 0 aliphatic heterocycles. The van der Waals surface area contributed by atoms with Crippen molar-refractivity contribution in [3.63, 3.8) is 0 Å². The van der Waals surface area contributed by atoms with E-state index in [1.165, 1.54) is 25.3 Å². The van der Waals surface area contributed by atoms with Crippen molar-refractivity contribution >= 4 is 23.3 Å².